The normalized spacial score (nSPS) is 35.6. The fourth-order valence-electron chi connectivity index (χ4n) is 6.54. The van der Waals surface area contributed by atoms with Crippen LogP contribution >= 0.6 is 39.1 Å². The molecule has 3 fully saturated rings. The maximum Gasteiger partial charge on any atom is 0.253 e. The number of amides is 4. The maximum absolute atomic E-state index is 13.6. The summed E-state index contributed by atoms with van der Waals surface area (Å²) in [7, 11) is 2.74. The van der Waals surface area contributed by atoms with E-state index in [0.717, 1.165) is 4.90 Å². The Morgan fingerprint density at radius 3 is 2.47 bits per heavy atom. The number of halogens is 3. The van der Waals surface area contributed by atoms with Gasteiger partial charge < -0.3 is 9.84 Å². The number of phenols is 1. The van der Waals surface area contributed by atoms with Crippen LogP contribution in [-0.2, 0) is 19.2 Å². The number of aromatic hydroxyl groups is 1. The highest BCUT2D eigenvalue weighted by Gasteiger charge is 2.75. The number of carbonyl (C=O) groups excluding carboxylic acids is 4. The second-order valence-electron chi connectivity index (χ2n) is 9.88. The Morgan fingerprint density at radius 2 is 1.83 bits per heavy atom. The van der Waals surface area contributed by atoms with E-state index in [4.69, 9.17) is 27.9 Å². The molecule has 1 aromatic rings. The van der Waals surface area contributed by atoms with E-state index < -0.39 is 45.2 Å². The van der Waals surface area contributed by atoms with Crippen LogP contribution in [0.5, 0.6) is 11.5 Å². The number of rotatable bonds is 4. The molecular formula is C25H25BrCl2N2O6. The lowest BCUT2D eigenvalue weighted by Crippen LogP contribution is -2.60. The first-order valence-electron chi connectivity index (χ1n) is 11.8. The van der Waals surface area contributed by atoms with Gasteiger partial charge in [0.15, 0.2) is 21.2 Å². The van der Waals surface area contributed by atoms with Gasteiger partial charge >= 0.3 is 0 Å². The van der Waals surface area contributed by atoms with Gasteiger partial charge in [-0.25, -0.2) is 0 Å². The number of phenolic OH excluding ortho intramolecular Hbond substituents is 1. The molecule has 6 atom stereocenters. The molecule has 8 nitrogen and oxygen atoms in total. The monoisotopic (exact) mass is 598 g/mol. The first-order chi connectivity index (χ1) is 16.9. The number of imide groups is 2. The molecule has 1 N–H and O–H groups in total. The number of nitrogens with zero attached hydrogens (tertiary/aromatic N) is 2. The highest BCUT2D eigenvalue weighted by atomic mass is 79.9. The maximum atomic E-state index is 13.6. The summed E-state index contributed by atoms with van der Waals surface area (Å²) in [6.45, 7) is 2.22. The van der Waals surface area contributed by atoms with Crippen molar-refractivity contribution in [3.05, 3.63) is 33.8 Å². The van der Waals surface area contributed by atoms with Crippen LogP contribution in [0.1, 0.15) is 37.7 Å². The van der Waals surface area contributed by atoms with E-state index >= 15 is 0 Å². The van der Waals surface area contributed by atoms with Gasteiger partial charge in [0.05, 0.1) is 23.4 Å². The fraction of sp³-hybridized carbons (Fsp3) is 0.520. The summed E-state index contributed by atoms with van der Waals surface area (Å²) in [4.78, 5) is 52.1. The number of benzene rings is 1. The van der Waals surface area contributed by atoms with Gasteiger partial charge in [0.2, 0.25) is 11.8 Å². The van der Waals surface area contributed by atoms with Gasteiger partial charge in [0, 0.05) is 19.5 Å². The molecule has 0 aromatic heterocycles. The summed E-state index contributed by atoms with van der Waals surface area (Å²) in [6, 6.07) is 3.17. The van der Waals surface area contributed by atoms with Crippen LogP contribution in [0.15, 0.2) is 28.3 Å². The van der Waals surface area contributed by atoms with E-state index in [-0.39, 0.29) is 29.7 Å². The zero-order valence-electron chi connectivity index (χ0n) is 19.9. The lowest BCUT2D eigenvalue weighted by Gasteiger charge is -2.50. The highest BCUT2D eigenvalue weighted by Crippen LogP contribution is 2.65. The van der Waals surface area contributed by atoms with Crippen molar-refractivity contribution in [2.45, 2.75) is 41.9 Å². The smallest absolute Gasteiger partial charge is 0.253 e. The molecule has 2 saturated heterocycles. The molecule has 11 heteroatoms. The Labute approximate surface area is 226 Å². The highest BCUT2D eigenvalue weighted by molar-refractivity contribution is 9.10. The predicted octanol–water partition coefficient (Wildman–Crippen LogP) is 3.56. The van der Waals surface area contributed by atoms with Crippen molar-refractivity contribution in [3.63, 3.8) is 0 Å². The van der Waals surface area contributed by atoms with Gasteiger partial charge in [0.1, 0.15) is 0 Å². The molecular weight excluding hydrogens is 575 g/mol. The van der Waals surface area contributed by atoms with E-state index in [0.29, 0.717) is 35.0 Å². The zero-order valence-corrected chi connectivity index (χ0v) is 23.0. The molecule has 0 spiro atoms. The van der Waals surface area contributed by atoms with Crippen molar-refractivity contribution in [3.8, 4) is 11.5 Å². The standard InChI is InChI=1S/C25H25BrCl2N2O6/c1-4-7-30-20(32)13-6-5-12-14(17(13)21(30)33)10-24(27)22(34)29(2)23(35)25(24,28)18(12)11-8-15(26)19(31)16(9-11)36-3/h5,8-9,13-14,17-18,31H,4,6-7,10H2,1-3H3. The molecule has 36 heavy (non-hydrogen) atoms. The number of methoxy groups -OCH3 is 1. The van der Waals surface area contributed by atoms with E-state index in [1.165, 1.54) is 19.1 Å². The van der Waals surface area contributed by atoms with Gasteiger partial charge in [-0.3, -0.25) is 29.0 Å². The van der Waals surface area contributed by atoms with Crippen LogP contribution in [0.4, 0.5) is 0 Å². The van der Waals surface area contributed by atoms with E-state index in [1.54, 1.807) is 12.1 Å². The van der Waals surface area contributed by atoms with E-state index in [1.807, 2.05) is 13.0 Å². The van der Waals surface area contributed by atoms with Crippen LogP contribution in [0.3, 0.4) is 0 Å². The van der Waals surface area contributed by atoms with Crippen molar-refractivity contribution >= 4 is 62.8 Å². The summed E-state index contributed by atoms with van der Waals surface area (Å²) < 4.78 is 5.64. The Morgan fingerprint density at radius 1 is 1.14 bits per heavy atom. The predicted molar refractivity (Wildman–Crippen MR) is 135 cm³/mol. The van der Waals surface area contributed by atoms with Gasteiger partial charge in [-0.2, -0.15) is 0 Å². The van der Waals surface area contributed by atoms with Gasteiger partial charge in [0.25, 0.3) is 11.8 Å². The Hall–Kier alpha value is -2.10. The fourth-order valence-corrected chi connectivity index (χ4v) is 8.02. The van der Waals surface area contributed by atoms with Crippen molar-refractivity contribution in [1.82, 2.24) is 9.80 Å². The summed E-state index contributed by atoms with van der Waals surface area (Å²) in [5.74, 6) is -4.49. The third-order valence-electron chi connectivity index (χ3n) is 8.16. The minimum absolute atomic E-state index is 0.0498. The van der Waals surface area contributed by atoms with Crippen molar-refractivity contribution in [2.24, 2.45) is 17.8 Å². The number of hydrogen-bond acceptors (Lipinski definition) is 6. The molecule has 2 aliphatic carbocycles. The summed E-state index contributed by atoms with van der Waals surface area (Å²) in [6.07, 6.45) is 2.77. The third-order valence-corrected chi connectivity index (χ3v) is 10.2. The molecule has 5 rings (SSSR count). The minimum atomic E-state index is -1.88. The molecule has 0 bridgehead atoms. The SMILES string of the molecule is CCCN1C(=O)C2CC=C3C(CC4(Cl)C(=O)N(C)C(=O)C4(Cl)C3c3cc(Br)c(O)c(OC)c3)C2C1=O. The van der Waals surface area contributed by atoms with Gasteiger partial charge in [-0.15, -0.1) is 23.2 Å². The second-order valence-corrected chi connectivity index (χ2v) is 12.0. The molecule has 2 aliphatic heterocycles. The quantitative estimate of drug-likeness (QED) is 0.322. The Balaban J connectivity index is 1.74. The van der Waals surface area contributed by atoms with Crippen LogP contribution in [0.25, 0.3) is 0 Å². The van der Waals surface area contributed by atoms with Gasteiger partial charge in [-0.05, 0) is 58.8 Å². The first kappa shape index (κ1) is 25.5. The second kappa shape index (κ2) is 8.46. The van der Waals surface area contributed by atoms with Crippen molar-refractivity contribution < 1.29 is 29.0 Å². The van der Waals surface area contributed by atoms with Crippen molar-refractivity contribution in [1.29, 1.82) is 0 Å². The van der Waals surface area contributed by atoms with Gasteiger partial charge in [-0.1, -0.05) is 18.6 Å². The summed E-state index contributed by atoms with van der Waals surface area (Å²) >= 11 is 17.6. The number of hydrogen-bond donors (Lipinski definition) is 1. The van der Waals surface area contributed by atoms with Crippen LogP contribution in [0.2, 0.25) is 0 Å². The number of fused-ring (bicyclic) bond motifs is 4. The average molecular weight is 600 g/mol. The summed E-state index contributed by atoms with van der Waals surface area (Å²) in [5, 5.41) is 10.4. The number of ether oxygens (including phenoxy) is 1. The van der Waals surface area contributed by atoms with Crippen LogP contribution < -0.4 is 4.74 Å². The molecule has 2 heterocycles. The number of alkyl halides is 2. The minimum Gasteiger partial charge on any atom is -0.503 e. The van der Waals surface area contributed by atoms with Crippen LogP contribution in [0, 0.1) is 17.8 Å². The Kier molecular flexibility index (Phi) is 6.00. The lowest BCUT2D eigenvalue weighted by atomic mass is 9.56. The molecule has 4 amide bonds. The van der Waals surface area contributed by atoms with E-state index in [2.05, 4.69) is 15.9 Å². The lowest BCUT2D eigenvalue weighted by molar-refractivity contribution is -0.141. The molecule has 0 radical (unpaired) electrons. The third kappa shape index (κ3) is 3.05. The average Bonchev–Trinajstić information content (AvgIpc) is 3.16. The number of allylic oxidation sites excluding steroid dienone is 2. The van der Waals surface area contributed by atoms with Crippen LogP contribution in [-0.4, -0.2) is 69.0 Å². The molecule has 192 valence electrons. The molecule has 1 saturated carbocycles. The topological polar surface area (TPSA) is 104 Å². The van der Waals surface area contributed by atoms with Crippen molar-refractivity contribution in [2.75, 3.05) is 20.7 Å². The molecule has 4 aliphatic rings. The zero-order chi connectivity index (χ0) is 26.3. The Bertz CT molecular complexity index is 1250. The number of likely N-dealkylation sites (tertiary alicyclic amines) is 2. The molecule has 1 aromatic carbocycles. The number of carbonyl (C=O) groups is 4. The van der Waals surface area contributed by atoms with E-state index in [9.17, 15) is 24.3 Å². The first-order valence-corrected chi connectivity index (χ1v) is 13.3. The summed E-state index contributed by atoms with van der Waals surface area (Å²) in [5.41, 5.74) is 1.18. The molecule has 6 unspecified atom stereocenters. The largest absolute Gasteiger partial charge is 0.503 e.